The molecule has 0 rings (SSSR count). The molecular formula is C17H32NO4. The Morgan fingerprint density at radius 3 is 2.05 bits per heavy atom. The van der Waals surface area contributed by atoms with Gasteiger partial charge >= 0.3 is 12.1 Å². The van der Waals surface area contributed by atoms with Crippen LogP contribution in [-0.4, -0.2) is 30.3 Å². The smallest absolute Gasteiger partial charge is 0.407 e. The molecule has 1 amide bonds. The Bertz CT molecular complexity index is 369. The Balaban J connectivity index is 4.94. The van der Waals surface area contributed by atoms with Gasteiger partial charge in [0.2, 0.25) is 0 Å². The first kappa shape index (κ1) is 20.7. The fraction of sp³-hybridized carbons (Fsp3) is 0.824. The molecule has 1 N–H and O–H groups in total. The molecule has 0 aliphatic carbocycles. The third-order valence-electron chi connectivity index (χ3n) is 3.15. The van der Waals surface area contributed by atoms with Crippen molar-refractivity contribution in [3.05, 3.63) is 5.92 Å². The molecule has 0 aromatic rings. The summed E-state index contributed by atoms with van der Waals surface area (Å²) in [5.41, 5.74) is -0.981. The first-order chi connectivity index (χ1) is 9.87. The van der Waals surface area contributed by atoms with E-state index in [0.29, 0.717) is 13.0 Å². The van der Waals surface area contributed by atoms with Gasteiger partial charge in [0.05, 0.1) is 13.0 Å². The summed E-state index contributed by atoms with van der Waals surface area (Å²) in [6.45, 7) is 15.5. The van der Waals surface area contributed by atoms with Crippen molar-refractivity contribution in [2.75, 3.05) is 6.61 Å². The van der Waals surface area contributed by atoms with Crippen molar-refractivity contribution in [3.63, 3.8) is 0 Å². The van der Waals surface area contributed by atoms with Crippen LogP contribution in [-0.2, 0) is 14.3 Å². The highest BCUT2D eigenvalue weighted by Gasteiger charge is 2.35. The summed E-state index contributed by atoms with van der Waals surface area (Å²) in [7, 11) is 0. The number of amides is 1. The van der Waals surface area contributed by atoms with E-state index in [9.17, 15) is 9.59 Å². The third-order valence-corrected chi connectivity index (χ3v) is 3.15. The molecule has 0 aliphatic rings. The molecule has 0 saturated heterocycles. The standard InChI is InChI=1S/C17H32NO4/c1-9-21-14(19)11-17(7,8)13(10-12(2)3)18-15(20)22-16(4,5)6/h13H,9-11H2,1-8H3,(H,18,20). The highest BCUT2D eigenvalue weighted by Crippen LogP contribution is 2.30. The summed E-state index contributed by atoms with van der Waals surface area (Å²) in [5.74, 6) is 0.926. The second-order valence-corrected chi connectivity index (χ2v) is 7.58. The zero-order valence-electron chi connectivity index (χ0n) is 15.3. The molecule has 1 unspecified atom stereocenters. The molecule has 5 heteroatoms. The maximum absolute atomic E-state index is 12.0. The predicted molar refractivity (Wildman–Crippen MR) is 87.4 cm³/mol. The van der Waals surface area contributed by atoms with Gasteiger partial charge in [-0.15, -0.1) is 0 Å². The van der Waals surface area contributed by atoms with Gasteiger partial charge in [-0.3, -0.25) is 4.79 Å². The number of hydrogen-bond donors (Lipinski definition) is 1. The monoisotopic (exact) mass is 314 g/mol. The van der Waals surface area contributed by atoms with Crippen molar-refractivity contribution >= 4 is 12.1 Å². The van der Waals surface area contributed by atoms with E-state index < -0.39 is 17.1 Å². The first-order valence-corrected chi connectivity index (χ1v) is 7.81. The van der Waals surface area contributed by atoms with Gasteiger partial charge in [0.25, 0.3) is 0 Å². The average Bonchev–Trinajstić information content (AvgIpc) is 2.23. The quantitative estimate of drug-likeness (QED) is 0.725. The van der Waals surface area contributed by atoms with E-state index in [2.05, 4.69) is 5.32 Å². The number of rotatable bonds is 7. The van der Waals surface area contributed by atoms with Crippen LogP contribution in [0.5, 0.6) is 0 Å². The lowest BCUT2D eigenvalue weighted by molar-refractivity contribution is -0.146. The Morgan fingerprint density at radius 2 is 1.64 bits per heavy atom. The van der Waals surface area contributed by atoms with Crippen molar-refractivity contribution in [1.29, 1.82) is 0 Å². The maximum atomic E-state index is 12.0. The van der Waals surface area contributed by atoms with E-state index in [-0.39, 0.29) is 18.4 Å². The molecule has 0 aromatic carbocycles. The van der Waals surface area contributed by atoms with Crippen LogP contribution < -0.4 is 5.32 Å². The van der Waals surface area contributed by atoms with Gasteiger partial charge < -0.3 is 14.8 Å². The minimum atomic E-state index is -0.551. The van der Waals surface area contributed by atoms with Gasteiger partial charge in [0, 0.05) is 6.04 Å². The maximum Gasteiger partial charge on any atom is 0.407 e. The lowest BCUT2D eigenvalue weighted by atomic mass is 9.77. The number of ether oxygens (including phenoxy) is 2. The van der Waals surface area contributed by atoms with E-state index >= 15 is 0 Å². The van der Waals surface area contributed by atoms with Gasteiger partial charge in [-0.1, -0.05) is 27.7 Å². The van der Waals surface area contributed by atoms with Gasteiger partial charge in [0.1, 0.15) is 5.60 Å². The molecular weight excluding hydrogens is 282 g/mol. The van der Waals surface area contributed by atoms with Crippen molar-refractivity contribution in [2.24, 2.45) is 5.41 Å². The molecule has 0 fully saturated rings. The van der Waals surface area contributed by atoms with E-state index in [0.717, 1.165) is 0 Å². The van der Waals surface area contributed by atoms with Gasteiger partial charge in [-0.2, -0.15) is 0 Å². The Morgan fingerprint density at radius 1 is 1.09 bits per heavy atom. The number of alkyl carbamates (subject to hydrolysis) is 1. The normalized spacial score (nSPS) is 13.7. The van der Waals surface area contributed by atoms with Crippen LogP contribution in [0.15, 0.2) is 0 Å². The zero-order valence-corrected chi connectivity index (χ0v) is 15.3. The number of carbonyl (C=O) groups is 2. The van der Waals surface area contributed by atoms with Crippen molar-refractivity contribution < 1.29 is 19.1 Å². The fourth-order valence-electron chi connectivity index (χ4n) is 2.09. The highest BCUT2D eigenvalue weighted by molar-refractivity contribution is 5.71. The summed E-state index contributed by atoms with van der Waals surface area (Å²) in [5, 5.41) is 2.90. The molecule has 22 heavy (non-hydrogen) atoms. The van der Waals surface area contributed by atoms with Gasteiger partial charge in [0.15, 0.2) is 0 Å². The molecule has 0 bridgehead atoms. The zero-order chi connectivity index (χ0) is 17.6. The van der Waals surface area contributed by atoms with Crippen LogP contribution in [0.3, 0.4) is 0 Å². The molecule has 0 saturated carbocycles. The molecule has 1 radical (unpaired) electrons. The lowest BCUT2D eigenvalue weighted by Crippen LogP contribution is -2.48. The van der Waals surface area contributed by atoms with E-state index in [1.807, 2.05) is 48.5 Å². The Hall–Kier alpha value is -1.26. The molecule has 0 heterocycles. The summed E-state index contributed by atoms with van der Waals surface area (Å²) in [4.78, 5) is 23.8. The topological polar surface area (TPSA) is 64.6 Å². The molecule has 5 nitrogen and oxygen atoms in total. The minimum absolute atomic E-state index is 0.197. The predicted octanol–water partition coefficient (Wildman–Crippen LogP) is 3.86. The highest BCUT2D eigenvalue weighted by atomic mass is 16.6. The molecule has 0 aliphatic heterocycles. The Kier molecular flexibility index (Phi) is 7.91. The number of esters is 1. The number of carbonyl (C=O) groups excluding carboxylic acids is 2. The third kappa shape index (κ3) is 8.90. The van der Waals surface area contributed by atoms with Crippen LogP contribution in [0.25, 0.3) is 0 Å². The van der Waals surface area contributed by atoms with Crippen LogP contribution in [0.4, 0.5) is 4.79 Å². The molecule has 1 atom stereocenters. The fourth-order valence-corrected chi connectivity index (χ4v) is 2.09. The second-order valence-electron chi connectivity index (χ2n) is 7.58. The number of nitrogens with one attached hydrogen (secondary N) is 1. The van der Waals surface area contributed by atoms with Crippen molar-refractivity contribution in [2.45, 2.75) is 79.9 Å². The number of hydrogen-bond acceptors (Lipinski definition) is 4. The van der Waals surface area contributed by atoms with Crippen LogP contribution in [0, 0.1) is 11.3 Å². The first-order valence-electron chi connectivity index (χ1n) is 7.81. The Labute approximate surface area is 135 Å². The minimum Gasteiger partial charge on any atom is -0.466 e. The lowest BCUT2D eigenvalue weighted by Gasteiger charge is -2.35. The van der Waals surface area contributed by atoms with Crippen molar-refractivity contribution in [3.8, 4) is 0 Å². The molecule has 0 spiro atoms. The van der Waals surface area contributed by atoms with Crippen LogP contribution >= 0.6 is 0 Å². The SMILES string of the molecule is CCOC(=O)CC(C)(C)C(C[C](C)C)NC(=O)OC(C)(C)C. The largest absolute Gasteiger partial charge is 0.466 e. The van der Waals surface area contributed by atoms with E-state index in [4.69, 9.17) is 9.47 Å². The van der Waals surface area contributed by atoms with Gasteiger partial charge in [-0.25, -0.2) is 4.79 Å². The van der Waals surface area contributed by atoms with E-state index in [1.165, 1.54) is 5.92 Å². The second kappa shape index (κ2) is 8.39. The molecule has 129 valence electrons. The van der Waals surface area contributed by atoms with Crippen LogP contribution in [0.1, 0.15) is 68.2 Å². The molecule has 0 aromatic heterocycles. The van der Waals surface area contributed by atoms with E-state index in [1.54, 1.807) is 6.92 Å². The summed E-state index contributed by atoms with van der Waals surface area (Å²) >= 11 is 0. The van der Waals surface area contributed by atoms with Crippen molar-refractivity contribution in [1.82, 2.24) is 5.32 Å². The van der Waals surface area contributed by atoms with Gasteiger partial charge in [-0.05, 0) is 45.4 Å². The summed E-state index contributed by atoms with van der Waals surface area (Å²) in [6, 6.07) is -0.197. The van der Waals surface area contributed by atoms with Crippen LogP contribution in [0.2, 0.25) is 0 Å². The summed E-state index contributed by atoms with van der Waals surface area (Å²) < 4.78 is 10.4. The average molecular weight is 314 g/mol. The summed E-state index contributed by atoms with van der Waals surface area (Å²) in [6.07, 6.45) is 0.468.